The molecule has 1 saturated heterocycles. The molecular formula is C12H18N2O4. The number of carboxylic acid groups (broad SMARTS) is 1. The molecule has 2 fully saturated rings. The summed E-state index contributed by atoms with van der Waals surface area (Å²) in [6, 6.07) is 0. The van der Waals surface area contributed by atoms with Crippen LogP contribution in [0.4, 0.5) is 0 Å². The predicted octanol–water partition coefficient (Wildman–Crippen LogP) is -0.164. The quantitative estimate of drug-likeness (QED) is 0.685. The molecule has 2 N–H and O–H groups in total. The zero-order valence-electron chi connectivity index (χ0n) is 10.4. The highest BCUT2D eigenvalue weighted by Crippen LogP contribution is 2.47. The van der Waals surface area contributed by atoms with Crippen LogP contribution < -0.4 is 5.32 Å². The van der Waals surface area contributed by atoms with Gasteiger partial charge in [-0.3, -0.25) is 14.4 Å². The monoisotopic (exact) mass is 254 g/mol. The van der Waals surface area contributed by atoms with Crippen LogP contribution in [0.2, 0.25) is 0 Å². The lowest BCUT2D eigenvalue weighted by Gasteiger charge is -2.32. The van der Waals surface area contributed by atoms with E-state index in [0.717, 1.165) is 0 Å². The minimum Gasteiger partial charge on any atom is -0.480 e. The zero-order valence-corrected chi connectivity index (χ0v) is 10.4. The molecule has 1 heterocycles. The first-order valence-corrected chi connectivity index (χ1v) is 6.25. The van der Waals surface area contributed by atoms with Crippen molar-refractivity contribution in [1.82, 2.24) is 10.2 Å². The molecule has 0 radical (unpaired) electrons. The van der Waals surface area contributed by atoms with Gasteiger partial charge < -0.3 is 15.3 Å². The highest BCUT2D eigenvalue weighted by atomic mass is 16.4. The topological polar surface area (TPSA) is 86.7 Å². The summed E-state index contributed by atoms with van der Waals surface area (Å²) < 4.78 is 0. The van der Waals surface area contributed by atoms with Crippen LogP contribution >= 0.6 is 0 Å². The van der Waals surface area contributed by atoms with Gasteiger partial charge in [-0.25, -0.2) is 0 Å². The molecule has 0 aromatic heterocycles. The van der Waals surface area contributed by atoms with Crippen LogP contribution in [0, 0.1) is 11.3 Å². The molecule has 2 rings (SSSR count). The Kier molecular flexibility index (Phi) is 3.28. The van der Waals surface area contributed by atoms with Crippen LogP contribution in [0.3, 0.4) is 0 Å². The summed E-state index contributed by atoms with van der Waals surface area (Å²) >= 11 is 0. The first-order chi connectivity index (χ1) is 8.51. The molecule has 2 aliphatic rings. The number of likely N-dealkylation sites (tertiary alicyclic amines) is 1. The lowest BCUT2D eigenvalue weighted by molar-refractivity contribution is -0.154. The summed E-state index contributed by atoms with van der Waals surface area (Å²) in [6.45, 7) is 0.956. The van der Waals surface area contributed by atoms with Crippen molar-refractivity contribution in [2.24, 2.45) is 11.3 Å². The van der Waals surface area contributed by atoms with E-state index in [0.29, 0.717) is 38.8 Å². The van der Waals surface area contributed by atoms with Gasteiger partial charge in [-0.2, -0.15) is 0 Å². The number of piperidine rings is 1. The van der Waals surface area contributed by atoms with Crippen LogP contribution in [-0.4, -0.2) is 47.9 Å². The number of hydrogen-bond donors (Lipinski definition) is 2. The Hall–Kier alpha value is -1.59. The summed E-state index contributed by atoms with van der Waals surface area (Å²) in [5.74, 6) is -1.34. The van der Waals surface area contributed by atoms with E-state index in [9.17, 15) is 14.4 Å². The van der Waals surface area contributed by atoms with Gasteiger partial charge in [0.2, 0.25) is 11.8 Å². The van der Waals surface area contributed by atoms with Crippen LogP contribution in [-0.2, 0) is 14.4 Å². The molecule has 100 valence electrons. The van der Waals surface area contributed by atoms with Crippen molar-refractivity contribution < 1.29 is 19.5 Å². The van der Waals surface area contributed by atoms with Crippen LogP contribution in [0.15, 0.2) is 0 Å². The molecule has 0 spiro atoms. The van der Waals surface area contributed by atoms with Crippen molar-refractivity contribution in [2.45, 2.75) is 25.7 Å². The largest absolute Gasteiger partial charge is 0.480 e. The van der Waals surface area contributed by atoms with E-state index in [4.69, 9.17) is 5.11 Å². The highest BCUT2D eigenvalue weighted by Gasteiger charge is 2.58. The summed E-state index contributed by atoms with van der Waals surface area (Å²) in [5, 5.41) is 11.7. The van der Waals surface area contributed by atoms with Gasteiger partial charge in [0.15, 0.2) is 0 Å². The maximum atomic E-state index is 12.1. The smallest absolute Gasteiger partial charge is 0.319 e. The zero-order chi connectivity index (χ0) is 13.3. The van der Waals surface area contributed by atoms with E-state index >= 15 is 0 Å². The molecule has 0 bridgehead atoms. The molecule has 6 nitrogen and oxygen atoms in total. The average Bonchev–Trinajstić information content (AvgIpc) is 3.18. The van der Waals surface area contributed by atoms with E-state index < -0.39 is 11.4 Å². The lowest BCUT2D eigenvalue weighted by Crippen LogP contribution is -2.47. The summed E-state index contributed by atoms with van der Waals surface area (Å²) in [7, 11) is 1.60. The van der Waals surface area contributed by atoms with Gasteiger partial charge in [0.1, 0.15) is 5.41 Å². The van der Waals surface area contributed by atoms with Gasteiger partial charge in [0.05, 0.1) is 0 Å². The van der Waals surface area contributed by atoms with E-state index in [2.05, 4.69) is 5.32 Å². The Labute approximate surface area is 105 Å². The van der Waals surface area contributed by atoms with Crippen LogP contribution in [0.1, 0.15) is 25.7 Å². The Morgan fingerprint density at radius 2 is 1.78 bits per heavy atom. The van der Waals surface area contributed by atoms with E-state index in [1.807, 2.05) is 0 Å². The summed E-state index contributed by atoms with van der Waals surface area (Å²) in [4.78, 5) is 36.2. The second kappa shape index (κ2) is 4.59. The fraction of sp³-hybridized carbons (Fsp3) is 0.750. The lowest BCUT2D eigenvalue weighted by atomic mass is 9.94. The molecule has 1 aliphatic carbocycles. The van der Waals surface area contributed by atoms with Gasteiger partial charge >= 0.3 is 5.97 Å². The Morgan fingerprint density at radius 1 is 1.22 bits per heavy atom. The molecule has 0 atom stereocenters. The van der Waals surface area contributed by atoms with E-state index in [1.54, 1.807) is 11.9 Å². The maximum Gasteiger partial charge on any atom is 0.319 e. The van der Waals surface area contributed by atoms with Crippen molar-refractivity contribution in [2.75, 3.05) is 20.1 Å². The number of carboxylic acids is 1. The first-order valence-electron chi connectivity index (χ1n) is 6.25. The molecule has 6 heteroatoms. The summed E-state index contributed by atoms with van der Waals surface area (Å²) in [5.41, 5.74) is -1.15. The number of nitrogens with one attached hydrogen (secondary N) is 1. The first kappa shape index (κ1) is 12.9. The Bertz CT molecular complexity index is 382. The van der Waals surface area contributed by atoms with Crippen molar-refractivity contribution in [3.63, 3.8) is 0 Å². The normalized spacial score (nSPS) is 22.4. The molecule has 18 heavy (non-hydrogen) atoms. The summed E-state index contributed by atoms with van der Waals surface area (Å²) in [6.07, 6.45) is 2.11. The van der Waals surface area contributed by atoms with Crippen molar-refractivity contribution >= 4 is 17.8 Å². The number of carbonyl (C=O) groups excluding carboxylic acids is 2. The minimum atomic E-state index is -1.15. The van der Waals surface area contributed by atoms with Gasteiger partial charge in [-0.15, -0.1) is 0 Å². The fourth-order valence-corrected chi connectivity index (χ4v) is 2.50. The molecular weight excluding hydrogens is 236 g/mol. The van der Waals surface area contributed by atoms with Crippen LogP contribution in [0.5, 0.6) is 0 Å². The average molecular weight is 254 g/mol. The standard InChI is InChI=1S/C12H18N2O4/c1-13-9(15)8-2-6-14(7-3-8)10(16)12(4-5-12)11(17)18/h8H,2-7H2,1H3,(H,13,15)(H,17,18). The molecule has 0 aromatic rings. The van der Waals surface area contributed by atoms with Crippen molar-refractivity contribution in [3.05, 3.63) is 0 Å². The van der Waals surface area contributed by atoms with Crippen LogP contribution in [0.25, 0.3) is 0 Å². The molecule has 1 saturated carbocycles. The second-order valence-electron chi connectivity index (χ2n) is 5.07. The Balaban J connectivity index is 1.92. The number of amides is 2. The number of rotatable bonds is 3. The molecule has 1 aliphatic heterocycles. The fourth-order valence-electron chi connectivity index (χ4n) is 2.50. The predicted molar refractivity (Wildman–Crippen MR) is 62.7 cm³/mol. The molecule has 0 aromatic carbocycles. The van der Waals surface area contributed by atoms with E-state index in [-0.39, 0.29) is 17.7 Å². The van der Waals surface area contributed by atoms with Gasteiger partial charge in [-0.05, 0) is 25.7 Å². The Morgan fingerprint density at radius 3 is 2.17 bits per heavy atom. The van der Waals surface area contributed by atoms with Crippen molar-refractivity contribution in [3.8, 4) is 0 Å². The number of hydrogen-bond acceptors (Lipinski definition) is 3. The van der Waals surface area contributed by atoms with Gasteiger partial charge in [0, 0.05) is 26.1 Å². The minimum absolute atomic E-state index is 0.00136. The SMILES string of the molecule is CNC(=O)C1CCN(C(=O)C2(C(=O)O)CC2)CC1. The van der Waals surface area contributed by atoms with Gasteiger partial charge in [0.25, 0.3) is 0 Å². The number of carbonyl (C=O) groups is 3. The third kappa shape index (κ3) is 2.07. The number of aliphatic carboxylic acids is 1. The molecule has 0 unspecified atom stereocenters. The van der Waals surface area contributed by atoms with E-state index in [1.165, 1.54) is 0 Å². The van der Waals surface area contributed by atoms with Gasteiger partial charge in [-0.1, -0.05) is 0 Å². The molecule has 2 amide bonds. The van der Waals surface area contributed by atoms with Crippen molar-refractivity contribution in [1.29, 1.82) is 0 Å². The second-order valence-corrected chi connectivity index (χ2v) is 5.07. The third-order valence-electron chi connectivity index (χ3n) is 3.97. The highest BCUT2D eigenvalue weighted by molar-refractivity contribution is 6.04. The third-order valence-corrected chi connectivity index (χ3v) is 3.97. The maximum absolute atomic E-state index is 12.1. The number of nitrogens with zero attached hydrogens (tertiary/aromatic N) is 1.